The molecule has 0 unspecified atom stereocenters. The lowest BCUT2D eigenvalue weighted by Gasteiger charge is -2.23. The average molecular weight is 457 g/mol. The van der Waals surface area contributed by atoms with E-state index in [0.29, 0.717) is 11.5 Å². The van der Waals surface area contributed by atoms with E-state index in [0.717, 1.165) is 15.6 Å². The van der Waals surface area contributed by atoms with Gasteiger partial charge in [0.1, 0.15) is 0 Å². The van der Waals surface area contributed by atoms with Crippen molar-refractivity contribution in [1.29, 1.82) is 0 Å². The van der Waals surface area contributed by atoms with Crippen molar-refractivity contribution in [2.75, 3.05) is 11.0 Å². The zero-order valence-corrected chi connectivity index (χ0v) is 16.3. The highest BCUT2D eigenvalue weighted by atomic mass is 127. The highest BCUT2D eigenvalue weighted by Crippen LogP contribution is 2.32. The Hall–Kier alpha value is -0.960. The molecule has 0 spiro atoms. The van der Waals surface area contributed by atoms with E-state index >= 15 is 0 Å². The molecule has 0 amide bonds. The molecule has 1 aliphatic heterocycles. The predicted octanol–water partition coefficient (Wildman–Crippen LogP) is 3.26. The summed E-state index contributed by atoms with van der Waals surface area (Å²) in [6.07, 6.45) is -0.129. The summed E-state index contributed by atoms with van der Waals surface area (Å²) in [5.74, 6) is 0.0196. The molecule has 3 atom stereocenters. The maximum Gasteiger partial charge on any atom is 0.240 e. The summed E-state index contributed by atoms with van der Waals surface area (Å²) in [5.41, 5.74) is 2.13. The van der Waals surface area contributed by atoms with Crippen molar-refractivity contribution in [3.63, 3.8) is 0 Å². The summed E-state index contributed by atoms with van der Waals surface area (Å²) >= 11 is 2.24. The second-order valence-corrected chi connectivity index (χ2v) is 8.60. The van der Waals surface area contributed by atoms with E-state index in [-0.39, 0.29) is 18.1 Å². The third kappa shape index (κ3) is 3.82. The fraction of sp³-hybridized carbons (Fsp3) is 0.333. The number of hydrogen-bond donors (Lipinski definition) is 1. The summed E-state index contributed by atoms with van der Waals surface area (Å²) in [6.45, 7) is 2.46. The molecule has 0 radical (unpaired) electrons. The first kappa shape index (κ1) is 17.8. The smallest absolute Gasteiger partial charge is 0.240 e. The summed E-state index contributed by atoms with van der Waals surface area (Å²) in [6, 6.07) is 16.6. The van der Waals surface area contributed by atoms with Gasteiger partial charge in [0.15, 0.2) is 0 Å². The third-order valence-electron chi connectivity index (χ3n) is 4.33. The van der Waals surface area contributed by atoms with Gasteiger partial charge in [-0.25, -0.2) is 13.1 Å². The van der Waals surface area contributed by atoms with E-state index in [1.807, 2.05) is 49.4 Å². The lowest BCUT2D eigenvalue weighted by atomic mass is 9.92. The Kier molecular flexibility index (Phi) is 5.59. The molecular formula is C18H20INO3S. The van der Waals surface area contributed by atoms with Gasteiger partial charge in [0.05, 0.1) is 23.6 Å². The highest BCUT2D eigenvalue weighted by molar-refractivity contribution is 14.1. The molecule has 0 saturated carbocycles. The van der Waals surface area contributed by atoms with Crippen LogP contribution < -0.4 is 4.72 Å². The van der Waals surface area contributed by atoms with Gasteiger partial charge in [-0.05, 0) is 24.6 Å². The van der Waals surface area contributed by atoms with Gasteiger partial charge in [-0.1, -0.05) is 70.6 Å². The van der Waals surface area contributed by atoms with Crippen molar-refractivity contribution in [3.8, 4) is 0 Å². The van der Waals surface area contributed by atoms with E-state index < -0.39 is 10.0 Å². The van der Waals surface area contributed by atoms with Crippen LogP contribution in [0.3, 0.4) is 0 Å². The molecule has 1 fully saturated rings. The maximum atomic E-state index is 12.8. The van der Waals surface area contributed by atoms with Crippen LogP contribution in [0.5, 0.6) is 0 Å². The second-order valence-electron chi connectivity index (χ2n) is 6.00. The van der Waals surface area contributed by atoms with Crippen LogP contribution in [0.1, 0.15) is 17.0 Å². The van der Waals surface area contributed by atoms with Crippen molar-refractivity contribution >= 4 is 32.6 Å². The minimum absolute atomic E-state index is 0.0196. The van der Waals surface area contributed by atoms with Crippen LogP contribution in [0.2, 0.25) is 0 Å². The SMILES string of the molecule is Cc1ccc(S(=O)(=O)N[C@H]2[C@H](CI)OC[C@H]2c2ccccc2)cc1. The van der Waals surface area contributed by atoms with Gasteiger partial charge in [0.25, 0.3) is 0 Å². The van der Waals surface area contributed by atoms with Crippen molar-refractivity contribution in [3.05, 3.63) is 65.7 Å². The molecule has 128 valence electrons. The summed E-state index contributed by atoms with van der Waals surface area (Å²) in [4.78, 5) is 0.291. The summed E-state index contributed by atoms with van der Waals surface area (Å²) < 4.78 is 35.0. The van der Waals surface area contributed by atoms with Gasteiger partial charge < -0.3 is 4.74 Å². The number of aryl methyl sites for hydroxylation is 1. The van der Waals surface area contributed by atoms with Crippen LogP contribution >= 0.6 is 22.6 Å². The zero-order valence-electron chi connectivity index (χ0n) is 13.4. The van der Waals surface area contributed by atoms with Crippen LogP contribution in [-0.2, 0) is 14.8 Å². The maximum absolute atomic E-state index is 12.8. The fourth-order valence-corrected chi connectivity index (χ4v) is 5.07. The minimum Gasteiger partial charge on any atom is -0.375 e. The van der Waals surface area contributed by atoms with Crippen molar-refractivity contribution in [1.82, 2.24) is 4.72 Å². The number of benzene rings is 2. The predicted molar refractivity (Wildman–Crippen MR) is 103 cm³/mol. The van der Waals surface area contributed by atoms with Crippen molar-refractivity contribution in [2.45, 2.75) is 29.9 Å². The first-order chi connectivity index (χ1) is 11.5. The number of alkyl halides is 1. The lowest BCUT2D eigenvalue weighted by molar-refractivity contribution is 0.121. The van der Waals surface area contributed by atoms with Crippen LogP contribution in [0.15, 0.2) is 59.5 Å². The molecule has 24 heavy (non-hydrogen) atoms. The molecule has 1 saturated heterocycles. The Labute approximate surface area is 156 Å². The number of sulfonamides is 1. The Morgan fingerprint density at radius 3 is 2.42 bits per heavy atom. The van der Waals surface area contributed by atoms with E-state index in [2.05, 4.69) is 27.3 Å². The minimum atomic E-state index is -3.58. The molecule has 3 rings (SSSR count). The van der Waals surface area contributed by atoms with Gasteiger partial charge in [-0.2, -0.15) is 0 Å². The Balaban J connectivity index is 1.88. The summed E-state index contributed by atoms with van der Waals surface area (Å²) in [5, 5.41) is 0. The van der Waals surface area contributed by atoms with Gasteiger partial charge in [0.2, 0.25) is 10.0 Å². The van der Waals surface area contributed by atoms with Crippen LogP contribution in [0.25, 0.3) is 0 Å². The molecule has 0 aliphatic carbocycles. The van der Waals surface area contributed by atoms with Crippen molar-refractivity contribution in [2.24, 2.45) is 0 Å². The molecule has 1 N–H and O–H groups in total. The van der Waals surface area contributed by atoms with E-state index in [1.54, 1.807) is 12.1 Å². The quantitative estimate of drug-likeness (QED) is 0.554. The average Bonchev–Trinajstić information content (AvgIpc) is 2.98. The molecule has 0 bridgehead atoms. The number of halogens is 1. The summed E-state index contributed by atoms with van der Waals surface area (Å²) in [7, 11) is -3.58. The highest BCUT2D eigenvalue weighted by Gasteiger charge is 2.40. The molecule has 1 aliphatic rings. The molecule has 2 aromatic rings. The monoisotopic (exact) mass is 457 g/mol. The Morgan fingerprint density at radius 2 is 1.79 bits per heavy atom. The molecule has 1 heterocycles. The first-order valence-corrected chi connectivity index (χ1v) is 10.8. The molecule has 6 heteroatoms. The third-order valence-corrected chi connectivity index (χ3v) is 6.67. The van der Waals surface area contributed by atoms with Crippen molar-refractivity contribution < 1.29 is 13.2 Å². The Morgan fingerprint density at radius 1 is 1.12 bits per heavy atom. The molecule has 4 nitrogen and oxygen atoms in total. The normalized spacial score (nSPS) is 24.2. The number of rotatable bonds is 5. The standard InChI is InChI=1S/C18H20INO3S/c1-13-7-9-15(10-8-13)24(21,22)20-18-16(12-23-17(18)11-19)14-5-3-2-4-6-14/h2-10,16-18,20H,11-12H2,1H3/t16-,17-,18+/m0/s1. The Bertz CT molecular complexity index is 778. The fourth-order valence-electron chi connectivity index (χ4n) is 2.96. The first-order valence-electron chi connectivity index (χ1n) is 7.83. The molecule has 2 aromatic carbocycles. The van der Waals surface area contributed by atoms with E-state index in [4.69, 9.17) is 4.74 Å². The van der Waals surface area contributed by atoms with Crippen LogP contribution in [-0.4, -0.2) is 31.6 Å². The van der Waals surface area contributed by atoms with Gasteiger partial charge in [0, 0.05) is 10.3 Å². The molecule has 0 aromatic heterocycles. The van der Waals surface area contributed by atoms with Crippen LogP contribution in [0, 0.1) is 6.92 Å². The number of hydrogen-bond acceptors (Lipinski definition) is 3. The zero-order chi connectivity index (χ0) is 17.2. The van der Waals surface area contributed by atoms with Crippen LogP contribution in [0.4, 0.5) is 0 Å². The largest absolute Gasteiger partial charge is 0.375 e. The van der Waals surface area contributed by atoms with E-state index in [9.17, 15) is 8.42 Å². The second kappa shape index (κ2) is 7.51. The van der Waals surface area contributed by atoms with Gasteiger partial charge >= 0.3 is 0 Å². The number of ether oxygens (including phenoxy) is 1. The van der Waals surface area contributed by atoms with Gasteiger partial charge in [-0.3, -0.25) is 0 Å². The lowest BCUT2D eigenvalue weighted by Crippen LogP contribution is -2.44. The number of nitrogens with one attached hydrogen (secondary N) is 1. The molecular weight excluding hydrogens is 437 g/mol. The van der Waals surface area contributed by atoms with E-state index in [1.165, 1.54) is 0 Å². The topological polar surface area (TPSA) is 55.4 Å². The van der Waals surface area contributed by atoms with Gasteiger partial charge in [-0.15, -0.1) is 0 Å².